The molecule has 0 N–H and O–H groups in total. The van der Waals surface area contributed by atoms with Gasteiger partial charge in [-0.25, -0.2) is 0 Å². The maximum absolute atomic E-state index is 12.7. The molecule has 1 heterocycles. The van der Waals surface area contributed by atoms with Gasteiger partial charge in [-0.2, -0.15) is 0 Å². The van der Waals surface area contributed by atoms with E-state index in [1.165, 1.54) is 16.7 Å². The Morgan fingerprint density at radius 1 is 1.38 bits per heavy atom. The summed E-state index contributed by atoms with van der Waals surface area (Å²) in [5, 5.41) is 0. The molecule has 1 spiro atoms. The van der Waals surface area contributed by atoms with Crippen LogP contribution in [-0.2, 0) is 11.2 Å². The zero-order valence-electron chi connectivity index (χ0n) is 12.8. The van der Waals surface area contributed by atoms with Gasteiger partial charge in [0.25, 0.3) is 0 Å². The van der Waals surface area contributed by atoms with E-state index in [0.29, 0.717) is 11.8 Å². The molecule has 1 aromatic carbocycles. The van der Waals surface area contributed by atoms with Crippen LogP contribution in [0.1, 0.15) is 30.4 Å². The van der Waals surface area contributed by atoms with E-state index in [1.807, 2.05) is 12.1 Å². The molecular formula is C18H21NO2. The molecule has 1 fully saturated rings. The molecule has 2 aliphatic carbocycles. The summed E-state index contributed by atoms with van der Waals surface area (Å²) in [5.41, 5.74) is 3.92. The van der Waals surface area contributed by atoms with E-state index in [1.54, 1.807) is 7.11 Å². The van der Waals surface area contributed by atoms with Gasteiger partial charge >= 0.3 is 0 Å². The molecule has 0 radical (unpaired) electrons. The van der Waals surface area contributed by atoms with Crippen LogP contribution in [0.25, 0.3) is 0 Å². The number of ether oxygens (including phenoxy) is 1. The largest absolute Gasteiger partial charge is 0.497 e. The molecule has 0 amide bonds. The summed E-state index contributed by atoms with van der Waals surface area (Å²) in [6.45, 7) is 3.22. The summed E-state index contributed by atoms with van der Waals surface area (Å²) >= 11 is 0. The maximum Gasteiger partial charge on any atom is 0.164 e. The molecule has 1 aliphatic heterocycles. The highest BCUT2D eigenvalue weighted by molar-refractivity contribution is 6.01. The SMILES string of the molecule is COc1ccc2c(c1)CC[C@]13CN(C)[C@H](C)C1=CC(=O)[C@H]23. The fourth-order valence-corrected chi connectivity index (χ4v) is 4.74. The summed E-state index contributed by atoms with van der Waals surface area (Å²) in [5.74, 6) is 1.21. The molecular weight excluding hydrogens is 262 g/mol. The molecule has 3 nitrogen and oxygen atoms in total. The minimum atomic E-state index is 0.0227. The highest BCUT2D eigenvalue weighted by Gasteiger charge is 2.58. The molecule has 21 heavy (non-hydrogen) atoms. The highest BCUT2D eigenvalue weighted by Crippen LogP contribution is 2.59. The van der Waals surface area contributed by atoms with E-state index < -0.39 is 0 Å². The fraction of sp³-hybridized carbons (Fsp3) is 0.500. The number of methoxy groups -OCH3 is 1. The first-order chi connectivity index (χ1) is 10.1. The quantitative estimate of drug-likeness (QED) is 0.793. The van der Waals surface area contributed by atoms with E-state index in [2.05, 4.69) is 31.0 Å². The van der Waals surface area contributed by atoms with Crippen LogP contribution >= 0.6 is 0 Å². The third-order valence-corrected chi connectivity index (χ3v) is 5.85. The molecule has 0 bridgehead atoms. The maximum atomic E-state index is 12.7. The van der Waals surface area contributed by atoms with Crippen LogP contribution in [0.4, 0.5) is 0 Å². The van der Waals surface area contributed by atoms with Crippen molar-refractivity contribution in [1.82, 2.24) is 4.90 Å². The van der Waals surface area contributed by atoms with Gasteiger partial charge in [-0.1, -0.05) is 6.07 Å². The Balaban J connectivity index is 1.85. The zero-order valence-corrected chi connectivity index (χ0v) is 12.8. The standard InChI is InChI=1S/C18H21NO2/c1-11-15-9-16(20)17-14-5-4-13(21-3)8-12(14)6-7-18(15,17)10-19(11)2/h4-5,8-9,11,17H,6-7,10H2,1-3H3/t11-,17+,18+/m1/s1. The number of aryl methyl sites for hydroxylation is 1. The van der Waals surface area contributed by atoms with Gasteiger partial charge in [0, 0.05) is 18.0 Å². The van der Waals surface area contributed by atoms with Gasteiger partial charge in [0.1, 0.15) is 5.75 Å². The number of ketones is 1. The van der Waals surface area contributed by atoms with Crippen LogP contribution in [-0.4, -0.2) is 37.4 Å². The second-order valence-electron chi connectivity index (χ2n) is 6.75. The van der Waals surface area contributed by atoms with Gasteiger partial charge < -0.3 is 4.74 Å². The van der Waals surface area contributed by atoms with Gasteiger partial charge in [0.2, 0.25) is 0 Å². The summed E-state index contributed by atoms with van der Waals surface area (Å²) in [4.78, 5) is 15.0. The Morgan fingerprint density at radius 2 is 2.19 bits per heavy atom. The summed E-state index contributed by atoms with van der Waals surface area (Å²) in [6, 6.07) is 6.59. The number of benzene rings is 1. The number of hydrogen-bond donors (Lipinski definition) is 0. The molecule has 1 saturated heterocycles. The van der Waals surface area contributed by atoms with Gasteiger partial charge in [0.15, 0.2) is 5.78 Å². The van der Waals surface area contributed by atoms with Crippen molar-refractivity contribution >= 4 is 5.78 Å². The van der Waals surface area contributed by atoms with Crippen molar-refractivity contribution in [3.63, 3.8) is 0 Å². The number of rotatable bonds is 1. The van der Waals surface area contributed by atoms with Crippen molar-refractivity contribution in [2.45, 2.75) is 31.7 Å². The van der Waals surface area contributed by atoms with E-state index in [4.69, 9.17) is 4.74 Å². The average Bonchev–Trinajstić information content (AvgIpc) is 2.90. The molecule has 4 rings (SSSR count). The molecule has 0 saturated carbocycles. The molecule has 0 unspecified atom stereocenters. The van der Waals surface area contributed by atoms with E-state index in [-0.39, 0.29) is 11.3 Å². The van der Waals surface area contributed by atoms with Crippen molar-refractivity contribution in [2.24, 2.45) is 5.41 Å². The third-order valence-electron chi connectivity index (χ3n) is 5.85. The number of likely N-dealkylation sites (tertiary alicyclic amines) is 1. The molecule has 1 aromatic rings. The van der Waals surface area contributed by atoms with Crippen LogP contribution in [0, 0.1) is 5.41 Å². The Kier molecular flexibility index (Phi) is 2.62. The van der Waals surface area contributed by atoms with Crippen molar-refractivity contribution in [3.05, 3.63) is 41.0 Å². The normalized spacial score (nSPS) is 34.2. The van der Waals surface area contributed by atoms with Crippen molar-refractivity contribution in [1.29, 1.82) is 0 Å². The number of nitrogens with zero attached hydrogens (tertiary/aromatic N) is 1. The lowest BCUT2D eigenvalue weighted by molar-refractivity contribution is -0.117. The summed E-state index contributed by atoms with van der Waals surface area (Å²) < 4.78 is 5.33. The predicted molar refractivity (Wildman–Crippen MR) is 81.7 cm³/mol. The van der Waals surface area contributed by atoms with Gasteiger partial charge in [-0.3, -0.25) is 9.69 Å². The van der Waals surface area contributed by atoms with Crippen molar-refractivity contribution in [3.8, 4) is 5.75 Å². The number of fused-ring (bicyclic) bond motifs is 2. The molecule has 3 heteroatoms. The number of hydrogen-bond acceptors (Lipinski definition) is 3. The monoisotopic (exact) mass is 283 g/mol. The minimum Gasteiger partial charge on any atom is -0.497 e. The van der Waals surface area contributed by atoms with E-state index >= 15 is 0 Å². The first kappa shape index (κ1) is 13.1. The second kappa shape index (κ2) is 4.20. The lowest BCUT2D eigenvalue weighted by Gasteiger charge is -2.39. The third kappa shape index (κ3) is 1.55. The Hall–Kier alpha value is -1.61. The van der Waals surface area contributed by atoms with Crippen molar-refractivity contribution < 1.29 is 9.53 Å². The highest BCUT2D eigenvalue weighted by atomic mass is 16.5. The average molecular weight is 283 g/mol. The lowest BCUT2D eigenvalue weighted by Crippen LogP contribution is -2.37. The van der Waals surface area contributed by atoms with Gasteiger partial charge in [-0.05, 0) is 61.7 Å². The Morgan fingerprint density at radius 3 is 2.95 bits per heavy atom. The smallest absolute Gasteiger partial charge is 0.164 e. The number of allylic oxidation sites excluding steroid dienone is 1. The van der Waals surface area contributed by atoms with Crippen LogP contribution in [0.2, 0.25) is 0 Å². The van der Waals surface area contributed by atoms with Crippen LogP contribution in [0.5, 0.6) is 5.75 Å². The molecule has 3 atom stereocenters. The number of carbonyl (C=O) groups is 1. The van der Waals surface area contributed by atoms with Gasteiger partial charge in [0.05, 0.1) is 13.0 Å². The minimum absolute atomic E-state index is 0.0227. The van der Waals surface area contributed by atoms with Crippen LogP contribution in [0.15, 0.2) is 29.8 Å². The first-order valence-corrected chi connectivity index (χ1v) is 7.70. The van der Waals surface area contributed by atoms with Crippen LogP contribution < -0.4 is 4.74 Å². The lowest BCUT2D eigenvalue weighted by atomic mass is 9.63. The summed E-state index contributed by atoms with van der Waals surface area (Å²) in [6.07, 6.45) is 4.05. The number of carbonyl (C=O) groups excluding carboxylic acids is 1. The first-order valence-electron chi connectivity index (χ1n) is 7.70. The molecule has 3 aliphatic rings. The van der Waals surface area contributed by atoms with E-state index in [0.717, 1.165) is 25.1 Å². The van der Waals surface area contributed by atoms with Crippen LogP contribution in [0.3, 0.4) is 0 Å². The topological polar surface area (TPSA) is 29.5 Å². The van der Waals surface area contributed by atoms with Crippen molar-refractivity contribution in [2.75, 3.05) is 20.7 Å². The molecule has 110 valence electrons. The zero-order chi connectivity index (χ0) is 14.8. The second-order valence-corrected chi connectivity index (χ2v) is 6.75. The van der Waals surface area contributed by atoms with E-state index in [9.17, 15) is 4.79 Å². The summed E-state index contributed by atoms with van der Waals surface area (Å²) in [7, 11) is 3.86. The Bertz CT molecular complexity index is 663. The number of likely N-dealkylation sites (N-methyl/N-ethyl adjacent to an activating group) is 1. The fourth-order valence-electron chi connectivity index (χ4n) is 4.74. The molecule has 0 aromatic heterocycles. The predicted octanol–water partition coefficient (Wildman–Crippen LogP) is 2.55. The Labute approximate surface area is 125 Å². The van der Waals surface area contributed by atoms with Gasteiger partial charge in [-0.15, -0.1) is 0 Å².